The Morgan fingerprint density at radius 2 is 1.00 bits per heavy atom. The molecule has 0 spiro atoms. The fourth-order valence-electron chi connectivity index (χ4n) is 0.333. The summed E-state index contributed by atoms with van der Waals surface area (Å²) in [5, 5.41) is 0. The van der Waals surface area contributed by atoms with E-state index in [0.717, 1.165) is 0 Å². The first-order valence-electron chi connectivity index (χ1n) is 3.14. The molecule has 0 heteroatoms. The Morgan fingerprint density at radius 1 is 0.750 bits per heavy atom. The van der Waals surface area contributed by atoms with Crippen LogP contribution < -0.4 is 0 Å². The van der Waals surface area contributed by atoms with Gasteiger partial charge in [-0.15, -0.1) is 11.8 Å². The third kappa shape index (κ3) is 5.56. The predicted molar refractivity (Wildman–Crippen MR) is 37.5 cm³/mol. The lowest BCUT2D eigenvalue weighted by atomic mass is 10.2. The third-order valence-corrected chi connectivity index (χ3v) is 0.661. The van der Waals surface area contributed by atoms with Crippen LogP contribution >= 0.6 is 0 Å². The molecule has 8 heavy (non-hydrogen) atoms. The van der Waals surface area contributed by atoms with Crippen molar-refractivity contribution in [1.82, 2.24) is 0 Å². The standard InChI is InChI=1S/C8H14/c1-7(2)5-6-8(3)4/h7-8H,1-4H3. The highest BCUT2D eigenvalue weighted by Gasteiger charge is 1.83. The lowest BCUT2D eigenvalue weighted by Crippen LogP contribution is -1.82. The maximum Gasteiger partial charge on any atom is 0.0146 e. The highest BCUT2D eigenvalue weighted by Crippen LogP contribution is 1.90. The van der Waals surface area contributed by atoms with Gasteiger partial charge in [0.15, 0.2) is 0 Å². The molecule has 0 atom stereocenters. The zero-order valence-electron chi connectivity index (χ0n) is 6.15. The van der Waals surface area contributed by atoms with Crippen molar-refractivity contribution in [2.75, 3.05) is 0 Å². The fraction of sp³-hybridized carbons (Fsp3) is 0.750. The number of hydrogen-bond donors (Lipinski definition) is 0. The lowest BCUT2D eigenvalue weighted by molar-refractivity contribution is 0.833. The average Bonchev–Trinajstić information content (AvgIpc) is 1.61. The van der Waals surface area contributed by atoms with Gasteiger partial charge in [-0.25, -0.2) is 0 Å². The van der Waals surface area contributed by atoms with Gasteiger partial charge in [-0.05, 0) is 0 Å². The molecule has 0 aromatic rings. The first-order valence-corrected chi connectivity index (χ1v) is 3.14. The molecule has 0 aliphatic rings. The second-order valence-corrected chi connectivity index (χ2v) is 2.60. The Kier molecular flexibility index (Phi) is 3.35. The summed E-state index contributed by atoms with van der Waals surface area (Å²) >= 11 is 0. The van der Waals surface area contributed by atoms with Crippen LogP contribution in [0.5, 0.6) is 0 Å². The molecule has 0 unspecified atom stereocenters. The van der Waals surface area contributed by atoms with E-state index in [-0.39, 0.29) is 0 Å². The molecule has 0 saturated heterocycles. The second kappa shape index (κ2) is 3.55. The summed E-state index contributed by atoms with van der Waals surface area (Å²) in [5.41, 5.74) is 0. The quantitative estimate of drug-likeness (QED) is 0.420. The van der Waals surface area contributed by atoms with Gasteiger partial charge < -0.3 is 0 Å². The highest BCUT2D eigenvalue weighted by molar-refractivity contribution is 5.03. The van der Waals surface area contributed by atoms with Gasteiger partial charge in [-0.3, -0.25) is 0 Å². The van der Waals surface area contributed by atoms with Crippen LogP contribution in [-0.2, 0) is 0 Å². The molecule has 0 nitrogen and oxygen atoms in total. The zero-order chi connectivity index (χ0) is 6.57. The molecule has 0 radical (unpaired) electrons. The van der Waals surface area contributed by atoms with Crippen LogP contribution in [0.1, 0.15) is 27.7 Å². The Labute approximate surface area is 52.3 Å². The molecule has 0 rings (SSSR count). The minimum absolute atomic E-state index is 0.525. The topological polar surface area (TPSA) is 0 Å². The Hall–Kier alpha value is -0.440. The van der Waals surface area contributed by atoms with Gasteiger partial charge in [0, 0.05) is 11.8 Å². The van der Waals surface area contributed by atoms with Crippen molar-refractivity contribution in [1.29, 1.82) is 0 Å². The highest BCUT2D eigenvalue weighted by atomic mass is 13.9. The summed E-state index contributed by atoms with van der Waals surface area (Å²) in [6.07, 6.45) is 0. The van der Waals surface area contributed by atoms with Crippen LogP contribution in [0.15, 0.2) is 0 Å². The normalized spacial score (nSPS) is 9.25. The van der Waals surface area contributed by atoms with Gasteiger partial charge in [0.05, 0.1) is 0 Å². The molecule has 0 fully saturated rings. The Balaban J connectivity index is 3.50. The van der Waals surface area contributed by atoms with Gasteiger partial charge in [0.25, 0.3) is 0 Å². The molecular formula is C8H14. The van der Waals surface area contributed by atoms with Crippen molar-refractivity contribution in [3.8, 4) is 11.8 Å². The zero-order valence-corrected chi connectivity index (χ0v) is 6.15. The summed E-state index contributed by atoms with van der Waals surface area (Å²) in [5.74, 6) is 7.24. The van der Waals surface area contributed by atoms with Gasteiger partial charge in [0.1, 0.15) is 0 Å². The second-order valence-electron chi connectivity index (χ2n) is 2.60. The van der Waals surface area contributed by atoms with Gasteiger partial charge in [0.2, 0.25) is 0 Å². The summed E-state index contributed by atoms with van der Waals surface area (Å²) < 4.78 is 0. The summed E-state index contributed by atoms with van der Waals surface area (Å²) in [7, 11) is 0. The van der Waals surface area contributed by atoms with Crippen LogP contribution in [0.4, 0.5) is 0 Å². The summed E-state index contributed by atoms with van der Waals surface area (Å²) in [6, 6.07) is 0. The minimum atomic E-state index is 0.525. The smallest absolute Gasteiger partial charge is 0.0146 e. The van der Waals surface area contributed by atoms with Gasteiger partial charge in [-0.1, -0.05) is 27.7 Å². The van der Waals surface area contributed by atoms with Crippen LogP contribution in [0.3, 0.4) is 0 Å². The molecule has 0 heterocycles. The van der Waals surface area contributed by atoms with Crippen molar-refractivity contribution in [2.24, 2.45) is 11.8 Å². The molecular weight excluding hydrogens is 96.1 g/mol. The largest absolute Gasteiger partial charge is 0.100 e. The van der Waals surface area contributed by atoms with Crippen molar-refractivity contribution in [3.63, 3.8) is 0 Å². The summed E-state index contributed by atoms with van der Waals surface area (Å²) in [4.78, 5) is 0. The number of rotatable bonds is 0. The van der Waals surface area contributed by atoms with Crippen molar-refractivity contribution in [3.05, 3.63) is 0 Å². The van der Waals surface area contributed by atoms with Crippen molar-refractivity contribution in [2.45, 2.75) is 27.7 Å². The maximum atomic E-state index is 3.09. The van der Waals surface area contributed by atoms with Crippen molar-refractivity contribution >= 4 is 0 Å². The molecule has 0 aromatic carbocycles. The molecule has 46 valence electrons. The summed E-state index contributed by atoms with van der Waals surface area (Å²) in [6.45, 7) is 8.43. The van der Waals surface area contributed by atoms with E-state index in [1.54, 1.807) is 0 Å². The lowest BCUT2D eigenvalue weighted by Gasteiger charge is -1.89. The Morgan fingerprint density at radius 3 is 1.12 bits per heavy atom. The third-order valence-electron chi connectivity index (χ3n) is 0.661. The molecule has 0 amide bonds. The van der Waals surface area contributed by atoms with Gasteiger partial charge in [-0.2, -0.15) is 0 Å². The van der Waals surface area contributed by atoms with Crippen LogP contribution in [-0.4, -0.2) is 0 Å². The Bertz CT molecular complexity index is 86.9. The van der Waals surface area contributed by atoms with E-state index >= 15 is 0 Å². The predicted octanol–water partition coefficient (Wildman–Crippen LogP) is 2.30. The minimum Gasteiger partial charge on any atom is -0.100 e. The molecule has 0 saturated carbocycles. The van der Waals surface area contributed by atoms with E-state index < -0.39 is 0 Å². The van der Waals surface area contributed by atoms with Gasteiger partial charge >= 0.3 is 0 Å². The fourth-order valence-corrected chi connectivity index (χ4v) is 0.333. The van der Waals surface area contributed by atoms with Crippen LogP contribution in [0.25, 0.3) is 0 Å². The molecule has 0 aromatic heterocycles. The van der Waals surface area contributed by atoms with Crippen molar-refractivity contribution < 1.29 is 0 Å². The van der Waals surface area contributed by atoms with E-state index in [2.05, 4.69) is 39.5 Å². The SMILES string of the molecule is CC(C)C#CC(C)C. The molecule has 0 N–H and O–H groups in total. The van der Waals surface area contributed by atoms with Crippen LogP contribution in [0.2, 0.25) is 0 Å². The van der Waals surface area contributed by atoms with Crippen LogP contribution in [0, 0.1) is 23.7 Å². The van der Waals surface area contributed by atoms with E-state index in [4.69, 9.17) is 0 Å². The average molecular weight is 110 g/mol. The number of hydrogen-bond acceptors (Lipinski definition) is 0. The monoisotopic (exact) mass is 110 g/mol. The first kappa shape index (κ1) is 7.56. The molecule has 0 aliphatic carbocycles. The maximum absolute atomic E-state index is 3.09. The molecule has 0 aliphatic heterocycles. The van der Waals surface area contributed by atoms with E-state index in [1.165, 1.54) is 0 Å². The van der Waals surface area contributed by atoms with E-state index in [0.29, 0.717) is 11.8 Å². The van der Waals surface area contributed by atoms with E-state index in [1.807, 2.05) is 0 Å². The first-order chi connectivity index (χ1) is 3.63. The van der Waals surface area contributed by atoms with E-state index in [9.17, 15) is 0 Å². The molecule has 0 bridgehead atoms.